The molecule has 4 heterocycles. The van der Waals surface area contributed by atoms with Crippen LogP contribution in [0.25, 0.3) is 29.5 Å². The molecule has 0 radical (unpaired) electrons. The van der Waals surface area contributed by atoms with Crippen molar-refractivity contribution >= 4 is 45.3 Å². The van der Waals surface area contributed by atoms with E-state index in [1.807, 2.05) is 45.3 Å². The van der Waals surface area contributed by atoms with Gasteiger partial charge in [0.25, 0.3) is 0 Å². The van der Waals surface area contributed by atoms with Crippen molar-refractivity contribution in [3.63, 3.8) is 0 Å². The van der Waals surface area contributed by atoms with Crippen LogP contribution in [0.15, 0.2) is 35.0 Å². The predicted octanol–water partition coefficient (Wildman–Crippen LogP) is 14.7. The van der Waals surface area contributed by atoms with E-state index in [0.29, 0.717) is 0 Å². The second-order valence-corrected chi connectivity index (χ2v) is 16.3. The molecule has 0 fully saturated rings. The Morgan fingerprint density at radius 1 is 0.455 bits per heavy atom. The Balaban J connectivity index is 1.37. The van der Waals surface area contributed by atoms with Crippen LogP contribution in [0.2, 0.25) is 0 Å². The zero-order valence-electron chi connectivity index (χ0n) is 27.5. The van der Waals surface area contributed by atoms with Crippen LogP contribution in [0.1, 0.15) is 154 Å². The Morgan fingerprint density at radius 2 is 0.795 bits per heavy atom. The van der Waals surface area contributed by atoms with Crippen LogP contribution in [-0.2, 0) is 12.8 Å². The first-order valence-electron chi connectivity index (χ1n) is 17.9. The lowest BCUT2D eigenvalue weighted by atomic mass is 10.0. The molecule has 0 saturated heterocycles. The molecule has 0 saturated carbocycles. The number of aryl methyl sites for hydroxylation is 2. The van der Waals surface area contributed by atoms with Crippen molar-refractivity contribution in [3.8, 4) is 29.5 Å². The highest BCUT2D eigenvalue weighted by Gasteiger charge is 2.22. The molecule has 0 spiro atoms. The van der Waals surface area contributed by atoms with E-state index in [1.165, 1.54) is 169 Å². The van der Waals surface area contributed by atoms with E-state index in [1.54, 1.807) is 0 Å². The van der Waals surface area contributed by atoms with E-state index < -0.39 is 0 Å². The zero-order chi connectivity index (χ0) is 30.7. The van der Waals surface area contributed by atoms with Crippen LogP contribution in [0, 0.1) is 0 Å². The summed E-state index contributed by atoms with van der Waals surface area (Å²) in [5, 5.41) is 6.73. The summed E-state index contributed by atoms with van der Waals surface area (Å²) in [6.07, 6.45) is 29.6. The molecule has 44 heavy (non-hydrogen) atoms. The minimum absolute atomic E-state index is 1.08. The van der Waals surface area contributed by atoms with Gasteiger partial charge in [0.1, 0.15) is 10.0 Å². The highest BCUT2D eigenvalue weighted by Crippen LogP contribution is 2.44. The molecule has 0 N–H and O–H groups in total. The fourth-order valence-electron chi connectivity index (χ4n) is 5.97. The Labute approximate surface area is 284 Å². The van der Waals surface area contributed by atoms with Crippen LogP contribution in [0.4, 0.5) is 0 Å². The number of thiophene rings is 2. The molecule has 0 unspecified atom stereocenters. The lowest BCUT2D eigenvalue weighted by Crippen LogP contribution is -1.93. The summed E-state index contributed by atoms with van der Waals surface area (Å²) in [6, 6.07) is 8.76. The Bertz CT molecular complexity index is 1150. The smallest absolute Gasteiger partial charge is 0.134 e. The number of thiazole rings is 2. The van der Waals surface area contributed by atoms with Gasteiger partial charge in [-0.1, -0.05) is 142 Å². The van der Waals surface area contributed by atoms with Gasteiger partial charge in [0, 0.05) is 0 Å². The summed E-state index contributed by atoms with van der Waals surface area (Å²) >= 11 is 7.44. The third-order valence-corrected chi connectivity index (χ3v) is 13.0. The Kier molecular flexibility index (Phi) is 17.3. The molecular weight excluding hydrogens is 613 g/mol. The molecular formula is C38H56N2S4. The van der Waals surface area contributed by atoms with Gasteiger partial charge < -0.3 is 0 Å². The van der Waals surface area contributed by atoms with Gasteiger partial charge in [-0.3, -0.25) is 0 Å². The van der Waals surface area contributed by atoms with Gasteiger partial charge in [0.15, 0.2) is 0 Å². The zero-order valence-corrected chi connectivity index (χ0v) is 30.8. The fraction of sp³-hybridized carbons (Fsp3) is 0.632. The van der Waals surface area contributed by atoms with Crippen molar-refractivity contribution in [2.45, 2.75) is 155 Å². The number of aromatic nitrogens is 2. The summed E-state index contributed by atoms with van der Waals surface area (Å²) < 4.78 is 0. The molecule has 4 aromatic rings. The number of nitrogens with zero attached hydrogens (tertiary/aromatic N) is 2. The van der Waals surface area contributed by atoms with Crippen molar-refractivity contribution in [1.82, 2.24) is 9.97 Å². The van der Waals surface area contributed by atoms with Gasteiger partial charge >= 0.3 is 0 Å². The van der Waals surface area contributed by atoms with Crippen molar-refractivity contribution in [2.75, 3.05) is 0 Å². The first-order chi connectivity index (χ1) is 21.8. The molecule has 6 heteroatoms. The molecule has 0 aromatic carbocycles. The van der Waals surface area contributed by atoms with Crippen molar-refractivity contribution in [1.29, 1.82) is 0 Å². The highest BCUT2D eigenvalue weighted by molar-refractivity contribution is 7.28. The molecule has 0 aliphatic carbocycles. The van der Waals surface area contributed by atoms with Gasteiger partial charge in [-0.15, -0.1) is 45.3 Å². The summed E-state index contributed by atoms with van der Waals surface area (Å²) in [7, 11) is 0. The van der Waals surface area contributed by atoms with Crippen molar-refractivity contribution in [3.05, 3.63) is 46.4 Å². The Morgan fingerprint density at radius 3 is 1.11 bits per heavy atom. The molecule has 0 amide bonds. The molecule has 0 atom stereocenters. The second kappa shape index (κ2) is 21.5. The molecule has 242 valence electrons. The van der Waals surface area contributed by atoms with Crippen LogP contribution in [0.3, 0.4) is 0 Å². The lowest BCUT2D eigenvalue weighted by Gasteiger charge is -2.05. The second-order valence-electron chi connectivity index (χ2n) is 12.4. The maximum absolute atomic E-state index is 5.29. The molecule has 0 bridgehead atoms. The first kappa shape index (κ1) is 35.5. The summed E-state index contributed by atoms with van der Waals surface area (Å²) in [6.45, 7) is 4.60. The third-order valence-electron chi connectivity index (χ3n) is 8.60. The van der Waals surface area contributed by atoms with E-state index in [-0.39, 0.29) is 0 Å². The first-order valence-corrected chi connectivity index (χ1v) is 21.3. The monoisotopic (exact) mass is 668 g/mol. The summed E-state index contributed by atoms with van der Waals surface area (Å²) in [5.74, 6) is 0. The summed E-state index contributed by atoms with van der Waals surface area (Å²) in [5.41, 5.74) is 2.62. The van der Waals surface area contributed by atoms with Crippen molar-refractivity contribution in [2.24, 2.45) is 0 Å². The van der Waals surface area contributed by atoms with Crippen LogP contribution >= 0.6 is 45.3 Å². The minimum Gasteiger partial charge on any atom is -0.240 e. The average molecular weight is 669 g/mol. The van der Waals surface area contributed by atoms with E-state index in [2.05, 4.69) is 48.9 Å². The standard InChI is InChI=1S/C38H56N2S4/c1-3-5-7-9-11-13-15-17-19-21-25-31-35(43-37(39-31)33-27-23-29-41-33)36-32(40-38(44-36)34-28-24-30-42-34)26-22-20-18-16-14-12-10-8-6-4-2/h23-24,27-30H,3-22,25-26H2,1-2H3. The van der Waals surface area contributed by atoms with Gasteiger partial charge in [-0.05, 0) is 48.6 Å². The molecule has 2 nitrogen and oxygen atoms in total. The van der Waals surface area contributed by atoms with Crippen LogP contribution < -0.4 is 0 Å². The highest BCUT2D eigenvalue weighted by atomic mass is 32.1. The Hall–Kier alpha value is -1.34. The maximum atomic E-state index is 5.29. The normalized spacial score (nSPS) is 11.6. The molecule has 0 aliphatic rings. The van der Waals surface area contributed by atoms with E-state index in [4.69, 9.17) is 9.97 Å². The van der Waals surface area contributed by atoms with Crippen LogP contribution in [0.5, 0.6) is 0 Å². The van der Waals surface area contributed by atoms with Crippen LogP contribution in [-0.4, -0.2) is 9.97 Å². The van der Waals surface area contributed by atoms with Gasteiger partial charge in [-0.25, -0.2) is 9.97 Å². The van der Waals surface area contributed by atoms with Gasteiger partial charge in [-0.2, -0.15) is 0 Å². The minimum atomic E-state index is 1.08. The van der Waals surface area contributed by atoms with E-state index >= 15 is 0 Å². The topological polar surface area (TPSA) is 25.8 Å². The van der Waals surface area contributed by atoms with E-state index in [9.17, 15) is 0 Å². The lowest BCUT2D eigenvalue weighted by molar-refractivity contribution is 0.555. The number of hydrogen-bond donors (Lipinski definition) is 0. The predicted molar refractivity (Wildman–Crippen MR) is 201 cm³/mol. The summed E-state index contributed by atoms with van der Waals surface area (Å²) in [4.78, 5) is 16.0. The van der Waals surface area contributed by atoms with E-state index in [0.717, 1.165) is 12.8 Å². The SMILES string of the molecule is CCCCCCCCCCCCc1nc(-c2cccs2)sc1-c1sc(-c2cccs2)nc1CCCCCCCCCCCC. The van der Waals surface area contributed by atoms with Gasteiger partial charge in [0.05, 0.1) is 30.9 Å². The largest absolute Gasteiger partial charge is 0.240 e. The number of rotatable bonds is 25. The number of unbranched alkanes of at least 4 members (excludes halogenated alkanes) is 18. The quantitative estimate of drug-likeness (QED) is 0.0657. The third kappa shape index (κ3) is 12.1. The van der Waals surface area contributed by atoms with Crippen molar-refractivity contribution < 1.29 is 0 Å². The maximum Gasteiger partial charge on any atom is 0.134 e. The van der Waals surface area contributed by atoms with Gasteiger partial charge in [0.2, 0.25) is 0 Å². The number of hydrogen-bond acceptors (Lipinski definition) is 6. The average Bonchev–Trinajstić information content (AvgIpc) is 3.86. The fourth-order valence-corrected chi connectivity index (χ4v) is 9.96. The molecule has 4 aromatic heterocycles. The molecule has 4 rings (SSSR count). The molecule has 0 aliphatic heterocycles.